The third-order valence-electron chi connectivity index (χ3n) is 3.87. The second-order valence-corrected chi connectivity index (χ2v) is 5.22. The molecule has 0 saturated carbocycles. The maximum atomic E-state index is 12.4. The third kappa shape index (κ3) is 2.76. The van der Waals surface area contributed by atoms with Gasteiger partial charge in [0.15, 0.2) is 0 Å². The van der Waals surface area contributed by atoms with Crippen LogP contribution in [0.15, 0.2) is 36.4 Å². The number of rotatable bonds is 4. The number of ether oxygens (including phenoxy) is 1. The van der Waals surface area contributed by atoms with Crippen LogP contribution < -0.4 is 15.4 Å². The highest BCUT2D eigenvalue weighted by molar-refractivity contribution is 5.96. The first-order chi connectivity index (χ1) is 10.7. The van der Waals surface area contributed by atoms with E-state index in [9.17, 15) is 9.90 Å². The van der Waals surface area contributed by atoms with Crippen molar-refractivity contribution in [1.82, 2.24) is 10.6 Å². The summed E-state index contributed by atoms with van der Waals surface area (Å²) in [5, 5.41) is 16.0. The highest BCUT2D eigenvalue weighted by atomic mass is 16.5. The van der Waals surface area contributed by atoms with E-state index in [1.54, 1.807) is 19.2 Å². The summed E-state index contributed by atoms with van der Waals surface area (Å²) in [6.07, 6.45) is 0. The van der Waals surface area contributed by atoms with Crippen molar-refractivity contribution in [3.63, 3.8) is 0 Å². The Morgan fingerprint density at radius 2 is 2.18 bits per heavy atom. The van der Waals surface area contributed by atoms with E-state index < -0.39 is 0 Å². The topological polar surface area (TPSA) is 70.6 Å². The molecule has 1 aliphatic heterocycles. The van der Waals surface area contributed by atoms with Gasteiger partial charge in [0.05, 0.1) is 7.11 Å². The lowest BCUT2D eigenvalue weighted by Gasteiger charge is -2.10. The van der Waals surface area contributed by atoms with Crippen molar-refractivity contribution >= 4 is 5.91 Å². The maximum absolute atomic E-state index is 12.4. The van der Waals surface area contributed by atoms with Gasteiger partial charge in [-0.15, -0.1) is 0 Å². The Labute approximate surface area is 128 Å². The predicted molar refractivity (Wildman–Crippen MR) is 82.8 cm³/mol. The molecule has 0 aliphatic carbocycles. The van der Waals surface area contributed by atoms with Crippen molar-refractivity contribution in [3.05, 3.63) is 58.7 Å². The summed E-state index contributed by atoms with van der Waals surface area (Å²) in [6, 6.07) is 10.8. The van der Waals surface area contributed by atoms with Crippen molar-refractivity contribution in [1.29, 1.82) is 0 Å². The minimum absolute atomic E-state index is 0.111. The molecular formula is C17H18N2O3. The minimum Gasteiger partial charge on any atom is -0.507 e. The Bertz CT molecular complexity index is 713. The second kappa shape index (κ2) is 6.07. The summed E-state index contributed by atoms with van der Waals surface area (Å²) in [5.41, 5.74) is 3.56. The Balaban J connectivity index is 1.72. The zero-order valence-electron chi connectivity index (χ0n) is 12.3. The van der Waals surface area contributed by atoms with Gasteiger partial charge in [-0.2, -0.15) is 0 Å². The molecule has 1 aliphatic rings. The molecule has 1 amide bonds. The highest BCUT2D eigenvalue weighted by Crippen LogP contribution is 2.24. The predicted octanol–water partition coefficient (Wildman–Crippen LogP) is 1.93. The molecule has 1 heterocycles. The van der Waals surface area contributed by atoms with Crippen LogP contribution in [0.2, 0.25) is 0 Å². The lowest BCUT2D eigenvalue weighted by Crippen LogP contribution is -2.24. The largest absolute Gasteiger partial charge is 0.507 e. The van der Waals surface area contributed by atoms with Gasteiger partial charge in [0, 0.05) is 36.8 Å². The van der Waals surface area contributed by atoms with Gasteiger partial charge in [0.2, 0.25) is 0 Å². The van der Waals surface area contributed by atoms with Crippen LogP contribution in [0.25, 0.3) is 0 Å². The fourth-order valence-corrected chi connectivity index (χ4v) is 2.63. The number of carbonyl (C=O) groups is 1. The number of nitrogens with one attached hydrogen (secondary N) is 2. The van der Waals surface area contributed by atoms with E-state index in [1.165, 1.54) is 11.6 Å². The van der Waals surface area contributed by atoms with E-state index in [0.29, 0.717) is 23.4 Å². The molecule has 2 aromatic carbocycles. The van der Waals surface area contributed by atoms with Gasteiger partial charge in [-0.3, -0.25) is 4.79 Å². The van der Waals surface area contributed by atoms with Crippen LogP contribution in [0, 0.1) is 0 Å². The number of phenolic OH excluding ortho intramolecular Hbond substituents is 1. The van der Waals surface area contributed by atoms with Crippen molar-refractivity contribution < 1.29 is 14.6 Å². The molecule has 5 nitrogen and oxygen atoms in total. The Morgan fingerprint density at radius 3 is 2.95 bits per heavy atom. The summed E-state index contributed by atoms with van der Waals surface area (Å²) in [7, 11) is 1.54. The standard InChI is InChI=1S/C17H18N2O3/c1-22-13-6-5-12(16(20)7-13)9-19-17(21)14-4-2-3-11-8-18-10-15(11)14/h2-7,18,20H,8-10H2,1H3,(H,19,21). The zero-order valence-corrected chi connectivity index (χ0v) is 12.3. The van der Waals surface area contributed by atoms with Crippen LogP contribution in [0.4, 0.5) is 0 Å². The first-order valence-corrected chi connectivity index (χ1v) is 7.14. The Morgan fingerprint density at radius 1 is 1.32 bits per heavy atom. The number of carbonyl (C=O) groups excluding carboxylic acids is 1. The summed E-state index contributed by atoms with van der Waals surface area (Å²) >= 11 is 0. The van der Waals surface area contributed by atoms with Crippen LogP contribution in [0.1, 0.15) is 27.0 Å². The number of fused-ring (bicyclic) bond motifs is 1. The summed E-state index contributed by atoms with van der Waals surface area (Å²) in [6.45, 7) is 1.79. The van der Waals surface area contributed by atoms with E-state index >= 15 is 0 Å². The van der Waals surface area contributed by atoms with Gasteiger partial charge in [-0.05, 0) is 29.3 Å². The lowest BCUT2D eigenvalue weighted by atomic mass is 10.0. The van der Waals surface area contributed by atoms with Crippen molar-refractivity contribution in [2.24, 2.45) is 0 Å². The van der Waals surface area contributed by atoms with E-state index in [1.807, 2.05) is 18.2 Å². The van der Waals surface area contributed by atoms with E-state index in [-0.39, 0.29) is 18.2 Å². The van der Waals surface area contributed by atoms with Gasteiger partial charge < -0.3 is 20.5 Å². The fourth-order valence-electron chi connectivity index (χ4n) is 2.63. The minimum atomic E-state index is -0.129. The molecule has 0 radical (unpaired) electrons. The van der Waals surface area contributed by atoms with Gasteiger partial charge in [0.25, 0.3) is 5.91 Å². The quantitative estimate of drug-likeness (QED) is 0.806. The Hall–Kier alpha value is -2.53. The van der Waals surface area contributed by atoms with Gasteiger partial charge >= 0.3 is 0 Å². The average Bonchev–Trinajstić information content (AvgIpc) is 3.01. The van der Waals surface area contributed by atoms with E-state index in [4.69, 9.17) is 4.74 Å². The van der Waals surface area contributed by atoms with Crippen molar-refractivity contribution in [2.45, 2.75) is 19.6 Å². The van der Waals surface area contributed by atoms with Crippen LogP contribution >= 0.6 is 0 Å². The smallest absolute Gasteiger partial charge is 0.251 e. The third-order valence-corrected chi connectivity index (χ3v) is 3.87. The van der Waals surface area contributed by atoms with Gasteiger partial charge in [-0.1, -0.05) is 12.1 Å². The number of hydrogen-bond acceptors (Lipinski definition) is 4. The molecule has 0 spiro atoms. The molecule has 3 N–H and O–H groups in total. The highest BCUT2D eigenvalue weighted by Gasteiger charge is 2.18. The number of benzene rings is 2. The van der Waals surface area contributed by atoms with Crippen LogP contribution in [0.3, 0.4) is 0 Å². The second-order valence-electron chi connectivity index (χ2n) is 5.22. The number of methoxy groups -OCH3 is 1. The first kappa shape index (κ1) is 14.4. The first-order valence-electron chi connectivity index (χ1n) is 7.14. The van der Waals surface area contributed by atoms with E-state index in [0.717, 1.165) is 12.1 Å². The number of amides is 1. The molecule has 114 valence electrons. The molecule has 0 atom stereocenters. The lowest BCUT2D eigenvalue weighted by molar-refractivity contribution is 0.0950. The molecule has 0 aromatic heterocycles. The molecule has 22 heavy (non-hydrogen) atoms. The van der Waals surface area contributed by atoms with Gasteiger partial charge in [0.1, 0.15) is 11.5 Å². The average molecular weight is 298 g/mol. The molecule has 0 saturated heterocycles. The summed E-state index contributed by atoms with van der Waals surface area (Å²) in [5.74, 6) is 0.565. The molecule has 3 rings (SSSR count). The normalized spacial score (nSPS) is 12.8. The Kier molecular flexibility index (Phi) is 3.98. The molecule has 5 heteroatoms. The fraction of sp³-hybridized carbons (Fsp3) is 0.235. The van der Waals surface area contributed by atoms with Crippen LogP contribution in [0.5, 0.6) is 11.5 Å². The molecule has 0 unspecified atom stereocenters. The molecule has 2 aromatic rings. The zero-order chi connectivity index (χ0) is 15.5. The molecule has 0 fully saturated rings. The maximum Gasteiger partial charge on any atom is 0.251 e. The molecule has 0 bridgehead atoms. The number of aromatic hydroxyl groups is 1. The van der Waals surface area contributed by atoms with Crippen LogP contribution in [-0.4, -0.2) is 18.1 Å². The van der Waals surface area contributed by atoms with Crippen molar-refractivity contribution in [2.75, 3.05) is 7.11 Å². The van der Waals surface area contributed by atoms with E-state index in [2.05, 4.69) is 10.6 Å². The summed E-state index contributed by atoms with van der Waals surface area (Å²) in [4.78, 5) is 12.4. The SMILES string of the molecule is COc1ccc(CNC(=O)c2cccc3c2CNC3)c(O)c1. The number of phenols is 1. The molecular weight excluding hydrogens is 280 g/mol. The monoisotopic (exact) mass is 298 g/mol. The summed E-state index contributed by atoms with van der Waals surface area (Å²) < 4.78 is 5.04. The van der Waals surface area contributed by atoms with Crippen molar-refractivity contribution in [3.8, 4) is 11.5 Å². The number of hydrogen-bond donors (Lipinski definition) is 3. The van der Waals surface area contributed by atoms with Gasteiger partial charge in [-0.25, -0.2) is 0 Å². The van der Waals surface area contributed by atoms with Crippen LogP contribution in [-0.2, 0) is 19.6 Å².